The van der Waals surface area contributed by atoms with Crippen LogP contribution in [-0.2, 0) is 0 Å². The first-order valence-corrected chi connectivity index (χ1v) is 6.71. The van der Waals surface area contributed by atoms with Crippen molar-refractivity contribution in [3.63, 3.8) is 0 Å². The molecule has 1 heterocycles. The summed E-state index contributed by atoms with van der Waals surface area (Å²) in [6.45, 7) is 6.66. The molecule has 1 aliphatic rings. The van der Waals surface area contributed by atoms with E-state index in [1.54, 1.807) is 0 Å². The van der Waals surface area contributed by atoms with Gasteiger partial charge in [-0.3, -0.25) is 14.6 Å². The number of piperazine rings is 1. The molecule has 1 aromatic rings. The van der Waals surface area contributed by atoms with E-state index >= 15 is 0 Å². The fourth-order valence-electron chi connectivity index (χ4n) is 2.48. The van der Waals surface area contributed by atoms with Gasteiger partial charge in [-0.1, -0.05) is 0 Å². The summed E-state index contributed by atoms with van der Waals surface area (Å²) in [7, 11) is 2.05. The molecule has 0 saturated carbocycles. The van der Waals surface area contributed by atoms with E-state index in [1.807, 2.05) is 11.9 Å². The molecule has 0 N–H and O–H groups in total. The lowest BCUT2D eigenvalue weighted by Gasteiger charge is -2.45. The molecule has 0 radical (unpaired) electrons. The van der Waals surface area contributed by atoms with E-state index in [4.69, 9.17) is 0 Å². The first-order valence-electron chi connectivity index (χ1n) is 6.71. The van der Waals surface area contributed by atoms with Gasteiger partial charge in [0.1, 0.15) is 11.6 Å². The van der Waals surface area contributed by atoms with Crippen molar-refractivity contribution in [3.05, 3.63) is 35.4 Å². The Labute approximate surface area is 118 Å². The predicted molar refractivity (Wildman–Crippen MR) is 73.8 cm³/mol. The Balaban J connectivity index is 2.07. The summed E-state index contributed by atoms with van der Waals surface area (Å²) in [4.78, 5) is 16.3. The zero-order valence-electron chi connectivity index (χ0n) is 12.1. The van der Waals surface area contributed by atoms with E-state index in [1.165, 1.54) is 0 Å². The molecular weight excluding hydrogens is 262 g/mol. The summed E-state index contributed by atoms with van der Waals surface area (Å²) in [5.74, 6) is -1.62. The van der Waals surface area contributed by atoms with Gasteiger partial charge in [0.15, 0.2) is 5.78 Å². The molecule has 1 aliphatic heterocycles. The van der Waals surface area contributed by atoms with E-state index in [2.05, 4.69) is 18.7 Å². The Hall–Kier alpha value is -1.33. The molecule has 0 aromatic heterocycles. The first kappa shape index (κ1) is 15.1. The van der Waals surface area contributed by atoms with Crippen LogP contribution in [0.3, 0.4) is 0 Å². The molecule has 1 fully saturated rings. The van der Waals surface area contributed by atoms with Gasteiger partial charge in [0.05, 0.1) is 12.1 Å². The number of benzene rings is 1. The molecule has 5 heteroatoms. The second kappa shape index (κ2) is 5.58. The van der Waals surface area contributed by atoms with Gasteiger partial charge in [-0.05, 0) is 39.1 Å². The van der Waals surface area contributed by atoms with Crippen LogP contribution in [0.4, 0.5) is 8.78 Å². The fourth-order valence-corrected chi connectivity index (χ4v) is 2.48. The highest BCUT2D eigenvalue weighted by atomic mass is 19.1. The number of halogens is 2. The molecule has 0 amide bonds. The number of rotatable bonds is 3. The van der Waals surface area contributed by atoms with Gasteiger partial charge in [0.2, 0.25) is 0 Å². The molecule has 20 heavy (non-hydrogen) atoms. The highest BCUT2D eigenvalue weighted by molar-refractivity contribution is 5.97. The summed E-state index contributed by atoms with van der Waals surface area (Å²) in [5, 5.41) is 0. The topological polar surface area (TPSA) is 23.6 Å². The van der Waals surface area contributed by atoms with Crippen molar-refractivity contribution >= 4 is 5.78 Å². The quantitative estimate of drug-likeness (QED) is 0.794. The minimum Gasteiger partial charge on any atom is -0.299 e. The molecule has 3 nitrogen and oxygen atoms in total. The van der Waals surface area contributed by atoms with Crippen LogP contribution in [0, 0.1) is 11.6 Å². The maximum Gasteiger partial charge on any atom is 0.179 e. The van der Waals surface area contributed by atoms with Gasteiger partial charge in [-0.15, -0.1) is 0 Å². The van der Waals surface area contributed by atoms with Gasteiger partial charge in [0.25, 0.3) is 0 Å². The third kappa shape index (κ3) is 3.22. The minimum atomic E-state index is -0.662. The van der Waals surface area contributed by atoms with Crippen molar-refractivity contribution in [2.75, 3.05) is 33.2 Å². The number of hydrogen-bond donors (Lipinski definition) is 0. The molecule has 0 spiro atoms. The smallest absolute Gasteiger partial charge is 0.179 e. The molecule has 1 saturated heterocycles. The Morgan fingerprint density at radius 3 is 2.65 bits per heavy atom. The van der Waals surface area contributed by atoms with Gasteiger partial charge >= 0.3 is 0 Å². The standard InChI is InChI=1S/C15H20F2N2O/c1-15(2)10-19(7-6-18(15)3)9-14(20)12-8-11(16)4-5-13(12)17/h4-5,8H,6-7,9-10H2,1-3H3. The predicted octanol–water partition coefficient (Wildman–Crippen LogP) is 2.17. The summed E-state index contributed by atoms with van der Waals surface area (Å²) in [6.07, 6.45) is 0. The number of nitrogens with zero attached hydrogens (tertiary/aromatic N) is 2. The highest BCUT2D eigenvalue weighted by Crippen LogP contribution is 2.19. The molecule has 1 aromatic carbocycles. The maximum absolute atomic E-state index is 13.6. The largest absolute Gasteiger partial charge is 0.299 e. The van der Waals surface area contributed by atoms with E-state index in [0.717, 1.165) is 37.8 Å². The zero-order chi connectivity index (χ0) is 14.9. The molecule has 110 valence electrons. The van der Waals surface area contributed by atoms with Crippen LogP contribution < -0.4 is 0 Å². The molecule has 0 unspecified atom stereocenters. The van der Waals surface area contributed by atoms with Crippen molar-refractivity contribution in [2.45, 2.75) is 19.4 Å². The zero-order valence-corrected chi connectivity index (χ0v) is 12.1. The van der Waals surface area contributed by atoms with Crippen molar-refractivity contribution in [2.24, 2.45) is 0 Å². The SMILES string of the molecule is CN1CCN(CC(=O)c2cc(F)ccc2F)CC1(C)C. The lowest BCUT2D eigenvalue weighted by atomic mass is 9.99. The van der Waals surface area contributed by atoms with Crippen LogP contribution in [0.2, 0.25) is 0 Å². The Kier molecular flexibility index (Phi) is 4.20. The first-order chi connectivity index (χ1) is 9.29. The van der Waals surface area contributed by atoms with Crippen LogP contribution in [0.1, 0.15) is 24.2 Å². The van der Waals surface area contributed by atoms with E-state index in [9.17, 15) is 13.6 Å². The molecule has 2 rings (SSSR count). The third-order valence-corrected chi connectivity index (χ3v) is 3.99. The van der Waals surface area contributed by atoms with Gasteiger partial charge in [-0.2, -0.15) is 0 Å². The number of hydrogen-bond acceptors (Lipinski definition) is 3. The average Bonchev–Trinajstić information content (AvgIpc) is 2.36. The number of Topliss-reactive ketones (excluding diaryl/α,β-unsaturated/α-hetero) is 1. The number of likely N-dealkylation sites (N-methyl/N-ethyl adjacent to an activating group) is 1. The summed E-state index contributed by atoms with van der Waals surface area (Å²) in [6, 6.07) is 2.99. The molecule has 0 atom stereocenters. The normalized spacial score (nSPS) is 20.1. The number of carbonyl (C=O) groups is 1. The van der Waals surface area contributed by atoms with E-state index in [-0.39, 0.29) is 23.4 Å². The minimum absolute atomic E-state index is 0.0288. The summed E-state index contributed by atoms with van der Waals surface area (Å²) < 4.78 is 26.7. The van der Waals surface area contributed by atoms with Gasteiger partial charge in [-0.25, -0.2) is 8.78 Å². The van der Waals surface area contributed by atoms with E-state index in [0.29, 0.717) is 0 Å². The van der Waals surface area contributed by atoms with Crippen molar-refractivity contribution in [1.29, 1.82) is 0 Å². The molecule has 0 aliphatic carbocycles. The Morgan fingerprint density at radius 1 is 1.30 bits per heavy atom. The van der Waals surface area contributed by atoms with Crippen molar-refractivity contribution < 1.29 is 13.6 Å². The lowest BCUT2D eigenvalue weighted by Crippen LogP contribution is -2.58. The van der Waals surface area contributed by atoms with Crippen molar-refractivity contribution in [3.8, 4) is 0 Å². The second-order valence-electron chi connectivity index (χ2n) is 5.99. The van der Waals surface area contributed by atoms with E-state index < -0.39 is 11.6 Å². The van der Waals surface area contributed by atoms with Crippen molar-refractivity contribution in [1.82, 2.24) is 9.80 Å². The molecular formula is C15H20F2N2O. The maximum atomic E-state index is 13.6. The monoisotopic (exact) mass is 282 g/mol. The summed E-state index contributed by atoms with van der Waals surface area (Å²) in [5.41, 5.74) is -0.194. The van der Waals surface area contributed by atoms with Crippen LogP contribution in [-0.4, -0.2) is 54.3 Å². The number of ketones is 1. The van der Waals surface area contributed by atoms with Crippen LogP contribution in [0.25, 0.3) is 0 Å². The Bertz CT molecular complexity index is 517. The highest BCUT2D eigenvalue weighted by Gasteiger charge is 2.32. The Morgan fingerprint density at radius 2 is 2.00 bits per heavy atom. The van der Waals surface area contributed by atoms with Crippen LogP contribution >= 0.6 is 0 Å². The lowest BCUT2D eigenvalue weighted by molar-refractivity contribution is 0.0388. The fraction of sp³-hybridized carbons (Fsp3) is 0.533. The third-order valence-electron chi connectivity index (χ3n) is 3.99. The van der Waals surface area contributed by atoms with Gasteiger partial charge < -0.3 is 0 Å². The van der Waals surface area contributed by atoms with Crippen LogP contribution in [0.15, 0.2) is 18.2 Å². The average molecular weight is 282 g/mol. The molecule has 0 bridgehead atoms. The van der Waals surface area contributed by atoms with Crippen LogP contribution in [0.5, 0.6) is 0 Å². The summed E-state index contributed by atoms with van der Waals surface area (Å²) >= 11 is 0. The van der Waals surface area contributed by atoms with Gasteiger partial charge in [0, 0.05) is 25.2 Å². The number of carbonyl (C=O) groups excluding carboxylic acids is 1. The second-order valence-corrected chi connectivity index (χ2v) is 5.99.